The number of non-ortho nitro benzene ring substituents is 1. The van der Waals surface area contributed by atoms with Crippen molar-refractivity contribution < 1.29 is 9.72 Å². The summed E-state index contributed by atoms with van der Waals surface area (Å²) in [6, 6.07) is 21.7. The van der Waals surface area contributed by atoms with Gasteiger partial charge in [0.05, 0.1) is 16.2 Å². The number of benzene rings is 3. The van der Waals surface area contributed by atoms with Gasteiger partial charge in [0.15, 0.2) is 0 Å². The Morgan fingerprint density at radius 3 is 2.43 bits per heavy atom. The van der Waals surface area contributed by atoms with Gasteiger partial charge in [-0.3, -0.25) is 14.9 Å². The molecule has 7 nitrogen and oxygen atoms in total. The zero-order valence-electron chi connectivity index (χ0n) is 16.3. The Bertz CT molecular complexity index is 1140. The largest absolute Gasteiger partial charge is 0.354 e. The third-order valence-electron chi connectivity index (χ3n) is 4.88. The summed E-state index contributed by atoms with van der Waals surface area (Å²) >= 11 is 0. The Balaban J connectivity index is 1.84. The van der Waals surface area contributed by atoms with Crippen LogP contribution in [0.15, 0.2) is 72.8 Å². The van der Waals surface area contributed by atoms with Gasteiger partial charge in [-0.1, -0.05) is 42.5 Å². The van der Waals surface area contributed by atoms with E-state index in [1.54, 1.807) is 6.07 Å². The van der Waals surface area contributed by atoms with E-state index in [4.69, 9.17) is 0 Å². The van der Waals surface area contributed by atoms with Crippen LogP contribution in [0.2, 0.25) is 0 Å². The van der Waals surface area contributed by atoms with Gasteiger partial charge in [-0.2, -0.15) is 0 Å². The molecule has 1 heterocycles. The molecule has 3 aromatic carbocycles. The topological polar surface area (TPSA) is 96.3 Å². The average molecular weight is 400 g/mol. The van der Waals surface area contributed by atoms with Crippen LogP contribution in [-0.4, -0.2) is 17.9 Å². The van der Waals surface area contributed by atoms with Gasteiger partial charge < -0.3 is 16.0 Å². The monoisotopic (exact) mass is 400 g/mol. The van der Waals surface area contributed by atoms with Crippen molar-refractivity contribution in [1.29, 1.82) is 0 Å². The number of amides is 1. The molecule has 0 saturated carbocycles. The Kier molecular flexibility index (Phi) is 5.28. The highest BCUT2D eigenvalue weighted by molar-refractivity contribution is 6.37. The summed E-state index contributed by atoms with van der Waals surface area (Å²) in [5.74, 6) is -0.302. The smallest absolute Gasteiger partial charge is 0.270 e. The molecule has 0 saturated heterocycles. The number of carbonyl (C=O) groups is 1. The lowest BCUT2D eigenvalue weighted by Gasteiger charge is -2.15. The minimum Gasteiger partial charge on any atom is -0.354 e. The summed E-state index contributed by atoms with van der Waals surface area (Å²) in [6.07, 6.45) is 0. The molecule has 0 aliphatic carbocycles. The van der Waals surface area contributed by atoms with Crippen molar-refractivity contribution in [2.75, 3.05) is 17.7 Å². The normalized spacial score (nSPS) is 14.1. The summed E-state index contributed by atoms with van der Waals surface area (Å²) in [7, 11) is 1.89. The van der Waals surface area contributed by atoms with E-state index in [1.807, 2.05) is 61.6 Å². The molecule has 7 heteroatoms. The highest BCUT2D eigenvalue weighted by Crippen LogP contribution is 2.39. The maximum Gasteiger partial charge on any atom is 0.270 e. The Morgan fingerprint density at radius 1 is 1.03 bits per heavy atom. The Hall–Kier alpha value is -3.97. The number of anilines is 2. The van der Waals surface area contributed by atoms with Crippen LogP contribution in [0.25, 0.3) is 11.3 Å². The SMILES string of the molecule is CNCc1ccc(NC(=C2C(=O)Nc3ccc([N+](=O)[O-])cc32)c2ccccc2)cc1. The van der Waals surface area contributed by atoms with E-state index >= 15 is 0 Å². The van der Waals surface area contributed by atoms with Crippen LogP contribution in [0.1, 0.15) is 16.7 Å². The molecule has 0 fully saturated rings. The van der Waals surface area contributed by atoms with Crippen molar-refractivity contribution in [3.8, 4) is 0 Å². The maximum atomic E-state index is 12.9. The molecule has 1 amide bonds. The Morgan fingerprint density at radius 2 is 1.77 bits per heavy atom. The summed E-state index contributed by atoms with van der Waals surface area (Å²) < 4.78 is 0. The molecule has 0 radical (unpaired) electrons. The van der Waals surface area contributed by atoms with Crippen LogP contribution in [0.3, 0.4) is 0 Å². The molecular weight excluding hydrogens is 380 g/mol. The summed E-state index contributed by atoms with van der Waals surface area (Å²) in [4.78, 5) is 23.7. The predicted molar refractivity (Wildman–Crippen MR) is 118 cm³/mol. The standard InChI is InChI=1S/C23H20N4O3/c1-24-14-15-7-9-17(10-8-15)25-22(16-5-3-2-4-6-16)21-19-13-18(27(29)30)11-12-20(19)26-23(21)28/h2-13,24-25H,14H2,1H3,(H,26,28). The summed E-state index contributed by atoms with van der Waals surface area (Å²) in [6.45, 7) is 0.756. The molecule has 3 N–H and O–H groups in total. The van der Waals surface area contributed by atoms with E-state index in [0.717, 1.165) is 23.4 Å². The van der Waals surface area contributed by atoms with Crippen LogP contribution in [0, 0.1) is 10.1 Å². The zero-order chi connectivity index (χ0) is 21.1. The summed E-state index contributed by atoms with van der Waals surface area (Å²) in [5, 5.41) is 20.5. The summed E-state index contributed by atoms with van der Waals surface area (Å²) in [5.41, 5.74) is 4.72. The first-order valence-electron chi connectivity index (χ1n) is 9.47. The molecule has 1 aliphatic rings. The minimum absolute atomic E-state index is 0.0634. The second-order valence-corrected chi connectivity index (χ2v) is 6.91. The number of carbonyl (C=O) groups excluding carboxylic acids is 1. The average Bonchev–Trinajstić information content (AvgIpc) is 3.09. The first-order valence-corrected chi connectivity index (χ1v) is 9.47. The number of rotatable bonds is 6. The van der Waals surface area contributed by atoms with E-state index in [2.05, 4.69) is 16.0 Å². The number of hydrogen-bond acceptors (Lipinski definition) is 5. The molecule has 30 heavy (non-hydrogen) atoms. The number of nitro groups is 1. The minimum atomic E-state index is -0.462. The zero-order valence-corrected chi connectivity index (χ0v) is 16.3. The van der Waals surface area contributed by atoms with Gasteiger partial charge in [0.2, 0.25) is 0 Å². The van der Waals surface area contributed by atoms with Gasteiger partial charge in [-0.05, 0) is 36.4 Å². The fourth-order valence-electron chi connectivity index (χ4n) is 3.46. The van der Waals surface area contributed by atoms with Crippen molar-refractivity contribution in [3.05, 3.63) is 99.6 Å². The molecule has 4 rings (SSSR count). The van der Waals surface area contributed by atoms with Gasteiger partial charge >= 0.3 is 0 Å². The van der Waals surface area contributed by atoms with Crippen molar-refractivity contribution in [3.63, 3.8) is 0 Å². The number of fused-ring (bicyclic) bond motifs is 1. The van der Waals surface area contributed by atoms with E-state index in [9.17, 15) is 14.9 Å². The fourth-order valence-corrected chi connectivity index (χ4v) is 3.46. The molecule has 0 spiro atoms. The molecule has 0 unspecified atom stereocenters. The van der Waals surface area contributed by atoms with Crippen molar-refractivity contribution in [1.82, 2.24) is 5.32 Å². The molecule has 0 bridgehead atoms. The van der Waals surface area contributed by atoms with Crippen LogP contribution in [-0.2, 0) is 11.3 Å². The molecule has 3 aromatic rings. The first kappa shape index (κ1) is 19.4. The quantitative estimate of drug-likeness (QED) is 0.327. The first-order chi connectivity index (χ1) is 14.6. The third-order valence-corrected chi connectivity index (χ3v) is 4.88. The lowest BCUT2D eigenvalue weighted by molar-refractivity contribution is -0.384. The maximum absolute atomic E-state index is 12.9. The van der Waals surface area contributed by atoms with Crippen LogP contribution >= 0.6 is 0 Å². The van der Waals surface area contributed by atoms with Gasteiger partial charge in [0.25, 0.3) is 11.6 Å². The molecular formula is C23H20N4O3. The van der Waals surface area contributed by atoms with Crippen LogP contribution in [0.4, 0.5) is 17.1 Å². The number of nitro benzene ring substituents is 1. The van der Waals surface area contributed by atoms with Gasteiger partial charge in [0.1, 0.15) is 0 Å². The second kappa shape index (κ2) is 8.18. The molecule has 0 aromatic heterocycles. The highest BCUT2D eigenvalue weighted by atomic mass is 16.6. The predicted octanol–water partition coefficient (Wildman–Crippen LogP) is 4.25. The third kappa shape index (κ3) is 3.78. The molecule has 0 atom stereocenters. The van der Waals surface area contributed by atoms with Gasteiger partial charge in [-0.25, -0.2) is 0 Å². The van der Waals surface area contributed by atoms with E-state index in [-0.39, 0.29) is 11.6 Å². The van der Waals surface area contributed by atoms with Gasteiger partial charge in [-0.15, -0.1) is 0 Å². The molecule has 150 valence electrons. The van der Waals surface area contributed by atoms with Crippen molar-refractivity contribution >= 4 is 34.2 Å². The second-order valence-electron chi connectivity index (χ2n) is 6.91. The van der Waals surface area contributed by atoms with Gasteiger partial charge in [0, 0.05) is 35.6 Å². The van der Waals surface area contributed by atoms with E-state index in [0.29, 0.717) is 22.5 Å². The number of nitrogens with one attached hydrogen (secondary N) is 3. The lowest BCUT2D eigenvalue weighted by Crippen LogP contribution is -2.10. The fraction of sp³-hybridized carbons (Fsp3) is 0.0870. The van der Waals surface area contributed by atoms with Crippen molar-refractivity contribution in [2.45, 2.75) is 6.54 Å². The molecule has 1 aliphatic heterocycles. The highest BCUT2D eigenvalue weighted by Gasteiger charge is 2.30. The lowest BCUT2D eigenvalue weighted by atomic mass is 9.99. The van der Waals surface area contributed by atoms with Crippen molar-refractivity contribution in [2.24, 2.45) is 0 Å². The van der Waals surface area contributed by atoms with E-state index < -0.39 is 4.92 Å². The Labute approximate surface area is 173 Å². The van der Waals surface area contributed by atoms with E-state index in [1.165, 1.54) is 12.1 Å². The number of nitrogens with zero attached hydrogens (tertiary/aromatic N) is 1. The van der Waals surface area contributed by atoms with Crippen LogP contribution in [0.5, 0.6) is 0 Å². The van der Waals surface area contributed by atoms with Crippen LogP contribution < -0.4 is 16.0 Å². The number of hydrogen-bond donors (Lipinski definition) is 3.